The fraction of sp³-hybridized carbons (Fsp3) is 0.143. The molecule has 0 amide bonds. The highest BCUT2D eigenvalue weighted by Gasteiger charge is 2.25. The lowest BCUT2D eigenvalue weighted by atomic mass is 9.91. The van der Waals surface area contributed by atoms with Crippen LogP contribution in [0.15, 0.2) is 72.8 Å². The topological polar surface area (TPSA) is 43.4 Å². The second kappa shape index (κ2) is 7.09. The van der Waals surface area contributed by atoms with E-state index in [1.165, 1.54) is 7.11 Å². The van der Waals surface area contributed by atoms with Crippen molar-refractivity contribution in [3.8, 4) is 0 Å². The molecular formula is C21H18O3. The largest absolute Gasteiger partial charge is 0.469 e. The summed E-state index contributed by atoms with van der Waals surface area (Å²) in [6.07, 6.45) is 0.0923. The molecule has 0 bridgehead atoms. The molecule has 3 aromatic rings. The van der Waals surface area contributed by atoms with Gasteiger partial charge >= 0.3 is 5.97 Å². The summed E-state index contributed by atoms with van der Waals surface area (Å²) in [5.41, 5.74) is 1.40. The van der Waals surface area contributed by atoms with Crippen LogP contribution >= 0.6 is 0 Å². The molecule has 0 heterocycles. The number of rotatable bonds is 5. The molecule has 0 saturated heterocycles. The summed E-state index contributed by atoms with van der Waals surface area (Å²) >= 11 is 0. The molecular weight excluding hydrogens is 300 g/mol. The summed E-state index contributed by atoms with van der Waals surface area (Å²) in [5, 5.41) is 2.10. The first-order valence-corrected chi connectivity index (χ1v) is 7.84. The summed E-state index contributed by atoms with van der Waals surface area (Å²) < 4.78 is 4.88. The summed E-state index contributed by atoms with van der Waals surface area (Å²) in [7, 11) is 1.35. The maximum absolute atomic E-state index is 12.7. The summed E-state index contributed by atoms with van der Waals surface area (Å²) in [5.74, 6) is -1.05. The zero-order valence-corrected chi connectivity index (χ0v) is 13.4. The lowest BCUT2D eigenvalue weighted by molar-refractivity contribution is -0.142. The van der Waals surface area contributed by atoms with E-state index in [1.807, 2.05) is 72.8 Å². The Morgan fingerprint density at radius 2 is 1.54 bits per heavy atom. The molecule has 1 atom stereocenters. The van der Waals surface area contributed by atoms with Crippen LogP contribution < -0.4 is 0 Å². The maximum atomic E-state index is 12.7. The van der Waals surface area contributed by atoms with Gasteiger partial charge in [0.25, 0.3) is 0 Å². The van der Waals surface area contributed by atoms with Crippen LogP contribution in [0.2, 0.25) is 0 Å². The Kier molecular flexibility index (Phi) is 4.71. The number of methoxy groups -OCH3 is 1. The number of esters is 1. The van der Waals surface area contributed by atoms with Crippen LogP contribution in [0.25, 0.3) is 10.8 Å². The van der Waals surface area contributed by atoms with Gasteiger partial charge in [-0.25, -0.2) is 0 Å². The zero-order valence-electron chi connectivity index (χ0n) is 13.4. The monoisotopic (exact) mass is 318 g/mol. The molecule has 3 rings (SSSR count). The van der Waals surface area contributed by atoms with Crippen LogP contribution in [0.5, 0.6) is 0 Å². The zero-order chi connectivity index (χ0) is 16.9. The Hall–Kier alpha value is -2.94. The number of carbonyl (C=O) groups is 2. The summed E-state index contributed by atoms with van der Waals surface area (Å²) in [4.78, 5) is 24.8. The minimum absolute atomic E-state index is 0.0694. The van der Waals surface area contributed by atoms with Crippen molar-refractivity contribution in [2.24, 2.45) is 0 Å². The molecule has 3 nitrogen and oxygen atoms in total. The third kappa shape index (κ3) is 3.35. The van der Waals surface area contributed by atoms with Crippen molar-refractivity contribution in [2.45, 2.75) is 12.3 Å². The van der Waals surface area contributed by atoms with Gasteiger partial charge in [0.1, 0.15) is 0 Å². The molecule has 0 N–H and O–H groups in total. The van der Waals surface area contributed by atoms with Crippen LogP contribution in [0.1, 0.15) is 28.3 Å². The number of hydrogen-bond acceptors (Lipinski definition) is 3. The fourth-order valence-corrected chi connectivity index (χ4v) is 2.83. The average molecular weight is 318 g/mol. The molecule has 0 saturated carbocycles. The van der Waals surface area contributed by atoms with E-state index >= 15 is 0 Å². The highest BCUT2D eigenvalue weighted by Crippen LogP contribution is 2.24. The van der Waals surface area contributed by atoms with Gasteiger partial charge < -0.3 is 4.74 Å². The van der Waals surface area contributed by atoms with Crippen LogP contribution in [-0.4, -0.2) is 18.9 Å². The van der Waals surface area contributed by atoms with Crippen molar-refractivity contribution in [1.82, 2.24) is 0 Å². The molecule has 0 aliphatic heterocycles. The van der Waals surface area contributed by atoms with Crippen molar-refractivity contribution in [2.75, 3.05) is 7.11 Å². The number of ether oxygens (including phenoxy) is 1. The van der Waals surface area contributed by atoms with Crippen LogP contribution in [-0.2, 0) is 9.53 Å². The van der Waals surface area contributed by atoms with E-state index in [1.54, 1.807) is 0 Å². The number of hydrogen-bond donors (Lipinski definition) is 0. The van der Waals surface area contributed by atoms with Crippen molar-refractivity contribution in [3.63, 3.8) is 0 Å². The SMILES string of the molecule is COC(=O)[C@H](CC(=O)c1ccc2ccccc2c1)c1ccccc1. The lowest BCUT2D eigenvalue weighted by Gasteiger charge is -2.14. The standard InChI is InChI=1S/C21H18O3/c1-24-21(23)19(16-8-3-2-4-9-16)14-20(22)18-12-11-15-7-5-6-10-17(15)13-18/h2-13,19H,14H2,1H3/t19-/m1/s1. The van der Waals surface area contributed by atoms with Gasteiger partial charge in [-0.15, -0.1) is 0 Å². The van der Waals surface area contributed by atoms with Gasteiger partial charge in [0, 0.05) is 12.0 Å². The lowest BCUT2D eigenvalue weighted by Crippen LogP contribution is -2.18. The van der Waals surface area contributed by atoms with Crippen LogP contribution in [0.4, 0.5) is 0 Å². The Bertz CT molecular complexity index is 868. The molecule has 0 spiro atoms. The van der Waals surface area contributed by atoms with Crippen LogP contribution in [0.3, 0.4) is 0 Å². The minimum Gasteiger partial charge on any atom is -0.469 e. The van der Waals surface area contributed by atoms with Gasteiger partial charge in [-0.3, -0.25) is 9.59 Å². The molecule has 0 aliphatic carbocycles. The summed E-state index contributed by atoms with van der Waals surface area (Å²) in [6.45, 7) is 0. The normalized spacial score (nSPS) is 11.9. The predicted molar refractivity (Wildman–Crippen MR) is 94.1 cm³/mol. The van der Waals surface area contributed by atoms with Crippen molar-refractivity contribution in [1.29, 1.82) is 0 Å². The van der Waals surface area contributed by atoms with E-state index in [4.69, 9.17) is 4.74 Å². The quantitative estimate of drug-likeness (QED) is 0.518. The molecule has 24 heavy (non-hydrogen) atoms. The minimum atomic E-state index is -0.588. The first-order valence-electron chi connectivity index (χ1n) is 7.84. The number of ketones is 1. The second-order valence-electron chi connectivity index (χ2n) is 5.68. The van der Waals surface area contributed by atoms with Crippen LogP contribution in [0, 0.1) is 0 Å². The first kappa shape index (κ1) is 15.9. The van der Waals surface area contributed by atoms with Crippen molar-refractivity contribution in [3.05, 3.63) is 83.9 Å². The van der Waals surface area contributed by atoms with E-state index in [0.29, 0.717) is 5.56 Å². The molecule has 0 aliphatic rings. The molecule has 120 valence electrons. The van der Waals surface area contributed by atoms with Gasteiger partial charge in [-0.1, -0.05) is 66.7 Å². The Morgan fingerprint density at radius 3 is 2.25 bits per heavy atom. The third-order valence-electron chi connectivity index (χ3n) is 4.15. The highest BCUT2D eigenvalue weighted by atomic mass is 16.5. The first-order chi connectivity index (χ1) is 11.7. The van der Waals surface area contributed by atoms with Gasteiger partial charge in [0.05, 0.1) is 13.0 Å². The number of benzene rings is 3. The molecule has 0 fully saturated rings. The molecule has 3 heteroatoms. The number of fused-ring (bicyclic) bond motifs is 1. The van der Waals surface area contributed by atoms with E-state index < -0.39 is 11.9 Å². The average Bonchev–Trinajstić information content (AvgIpc) is 2.65. The Labute approximate surface area is 140 Å². The number of carbonyl (C=O) groups excluding carboxylic acids is 2. The van der Waals surface area contributed by atoms with E-state index in [-0.39, 0.29) is 12.2 Å². The second-order valence-corrected chi connectivity index (χ2v) is 5.68. The molecule has 0 radical (unpaired) electrons. The predicted octanol–water partition coefficient (Wildman–Crippen LogP) is 4.37. The Morgan fingerprint density at radius 1 is 0.875 bits per heavy atom. The molecule has 0 unspecified atom stereocenters. The molecule has 3 aromatic carbocycles. The Balaban J connectivity index is 1.88. The molecule has 0 aromatic heterocycles. The van der Waals surface area contributed by atoms with Gasteiger partial charge in [0.2, 0.25) is 0 Å². The van der Waals surface area contributed by atoms with E-state index in [9.17, 15) is 9.59 Å². The third-order valence-corrected chi connectivity index (χ3v) is 4.15. The highest BCUT2D eigenvalue weighted by molar-refractivity contribution is 6.02. The fourth-order valence-electron chi connectivity index (χ4n) is 2.83. The van der Waals surface area contributed by atoms with E-state index in [0.717, 1.165) is 16.3 Å². The summed E-state index contributed by atoms with van der Waals surface area (Å²) in [6, 6.07) is 22.8. The van der Waals surface area contributed by atoms with Gasteiger partial charge in [-0.05, 0) is 22.4 Å². The van der Waals surface area contributed by atoms with E-state index in [2.05, 4.69) is 0 Å². The number of Topliss-reactive ketones (excluding diaryl/α,β-unsaturated/α-hetero) is 1. The smallest absolute Gasteiger partial charge is 0.313 e. The van der Waals surface area contributed by atoms with Gasteiger partial charge in [-0.2, -0.15) is 0 Å². The van der Waals surface area contributed by atoms with Crippen molar-refractivity contribution < 1.29 is 14.3 Å². The maximum Gasteiger partial charge on any atom is 0.313 e. The van der Waals surface area contributed by atoms with Gasteiger partial charge in [0.15, 0.2) is 5.78 Å². The van der Waals surface area contributed by atoms with Crippen molar-refractivity contribution >= 4 is 22.5 Å².